The summed E-state index contributed by atoms with van der Waals surface area (Å²) in [5.41, 5.74) is 5.11. The highest BCUT2D eigenvalue weighted by Gasteiger charge is 2.29. The third-order valence-corrected chi connectivity index (χ3v) is 4.17. The van der Waals surface area contributed by atoms with Crippen LogP contribution in [0.15, 0.2) is 0 Å². The Labute approximate surface area is 171 Å². The molecule has 0 radical (unpaired) electrons. The van der Waals surface area contributed by atoms with Crippen LogP contribution in [-0.2, 0) is 24.0 Å². The molecule has 0 spiro atoms. The van der Waals surface area contributed by atoms with Crippen molar-refractivity contribution < 1.29 is 29.1 Å². The van der Waals surface area contributed by atoms with E-state index in [9.17, 15) is 29.1 Å². The number of carbonyl (C=O) groups is 5. The first kappa shape index (κ1) is 26.4. The molecule has 29 heavy (non-hydrogen) atoms. The molecule has 0 saturated heterocycles. The molecule has 0 rings (SSSR count). The molecule has 0 bridgehead atoms. The zero-order chi connectivity index (χ0) is 22.6. The van der Waals surface area contributed by atoms with Crippen molar-refractivity contribution in [3.05, 3.63) is 0 Å². The zero-order valence-electron chi connectivity index (χ0n) is 17.6. The molecule has 166 valence electrons. The lowest BCUT2D eigenvalue weighted by molar-refractivity contribution is -0.142. The van der Waals surface area contributed by atoms with Crippen molar-refractivity contribution in [2.45, 2.75) is 84.3 Å². The van der Waals surface area contributed by atoms with Gasteiger partial charge in [0.25, 0.3) is 0 Å². The highest BCUT2D eigenvalue weighted by Crippen LogP contribution is 2.09. The Morgan fingerprint density at radius 2 is 1.45 bits per heavy atom. The smallest absolute Gasteiger partial charge is 0.326 e. The Balaban J connectivity index is 5.28. The van der Waals surface area contributed by atoms with Crippen LogP contribution in [0.1, 0.15) is 66.2 Å². The fourth-order valence-electron chi connectivity index (χ4n) is 2.71. The van der Waals surface area contributed by atoms with Crippen LogP contribution in [0.4, 0.5) is 0 Å². The van der Waals surface area contributed by atoms with Crippen LogP contribution in [-0.4, -0.2) is 52.8 Å². The molecule has 0 aromatic heterocycles. The van der Waals surface area contributed by atoms with Crippen LogP contribution in [0, 0.1) is 5.92 Å². The molecule has 3 atom stereocenters. The van der Waals surface area contributed by atoms with E-state index in [-0.39, 0.29) is 31.6 Å². The minimum atomic E-state index is -1.14. The molecule has 10 nitrogen and oxygen atoms in total. The Morgan fingerprint density at radius 3 is 1.90 bits per heavy atom. The second-order valence-corrected chi connectivity index (χ2v) is 7.49. The van der Waals surface area contributed by atoms with Crippen molar-refractivity contribution in [2.75, 3.05) is 0 Å². The highest BCUT2D eigenvalue weighted by molar-refractivity contribution is 5.93. The minimum absolute atomic E-state index is 0.00891. The summed E-state index contributed by atoms with van der Waals surface area (Å²) in [6.45, 7) is 6.86. The molecule has 0 aliphatic heterocycles. The van der Waals surface area contributed by atoms with E-state index in [1.54, 1.807) is 0 Å². The predicted molar refractivity (Wildman–Crippen MR) is 107 cm³/mol. The van der Waals surface area contributed by atoms with Crippen LogP contribution in [0.2, 0.25) is 0 Å². The number of nitrogens with two attached hydrogens (primary N) is 1. The average Bonchev–Trinajstić information content (AvgIpc) is 2.60. The number of carboxylic acids is 1. The highest BCUT2D eigenvalue weighted by atomic mass is 16.4. The largest absolute Gasteiger partial charge is 0.480 e. The van der Waals surface area contributed by atoms with Gasteiger partial charge < -0.3 is 26.8 Å². The van der Waals surface area contributed by atoms with Crippen molar-refractivity contribution in [3.8, 4) is 0 Å². The number of carboxylic acid groups (broad SMARTS) is 1. The molecular formula is C19H34N4O6. The zero-order valence-corrected chi connectivity index (χ0v) is 17.6. The fraction of sp³-hybridized carbons (Fsp3) is 0.737. The molecule has 0 aliphatic rings. The van der Waals surface area contributed by atoms with Gasteiger partial charge in [-0.15, -0.1) is 0 Å². The molecule has 0 saturated carbocycles. The summed E-state index contributed by atoms with van der Waals surface area (Å²) in [7, 11) is 0. The second kappa shape index (κ2) is 13.5. The third-order valence-electron chi connectivity index (χ3n) is 4.17. The Hall–Kier alpha value is -2.65. The van der Waals surface area contributed by atoms with Crippen molar-refractivity contribution >= 4 is 29.6 Å². The number of primary amides is 1. The summed E-state index contributed by atoms with van der Waals surface area (Å²) in [6.07, 6.45) is 1.86. The molecule has 0 aromatic rings. The molecule has 0 aromatic carbocycles. The monoisotopic (exact) mass is 414 g/mol. The molecule has 4 amide bonds. The first-order valence-electron chi connectivity index (χ1n) is 9.86. The molecule has 0 aliphatic carbocycles. The summed E-state index contributed by atoms with van der Waals surface area (Å²) in [4.78, 5) is 59.0. The van der Waals surface area contributed by atoms with Crippen LogP contribution in [0.25, 0.3) is 0 Å². The van der Waals surface area contributed by atoms with Crippen LogP contribution < -0.4 is 21.7 Å². The summed E-state index contributed by atoms with van der Waals surface area (Å²) in [6, 6.07) is -3.05. The van der Waals surface area contributed by atoms with E-state index >= 15 is 0 Å². The standard InChI is InChI=1S/C19H34N4O6/c1-5-6-7-14(19(28)29)22-18(27)15(10-11(2)3)23-17(26)13(21-12(4)24)8-9-16(20)25/h11,13-15H,5-10H2,1-4H3,(H2,20,25)(H,21,24)(H,22,27)(H,23,26)(H,28,29)/t13-,14-,15-/m0/s1. The van der Waals surface area contributed by atoms with E-state index in [0.717, 1.165) is 6.42 Å². The molecule has 0 fully saturated rings. The summed E-state index contributed by atoms with van der Waals surface area (Å²) < 4.78 is 0. The lowest BCUT2D eigenvalue weighted by Crippen LogP contribution is -2.56. The maximum Gasteiger partial charge on any atom is 0.326 e. The number of amides is 4. The molecule has 6 N–H and O–H groups in total. The van der Waals surface area contributed by atoms with Gasteiger partial charge in [0.05, 0.1) is 0 Å². The van der Waals surface area contributed by atoms with Crippen molar-refractivity contribution in [1.29, 1.82) is 0 Å². The lowest BCUT2D eigenvalue weighted by Gasteiger charge is -2.25. The van der Waals surface area contributed by atoms with Gasteiger partial charge in [0.1, 0.15) is 18.1 Å². The Bertz CT molecular complexity index is 593. The molecule has 0 unspecified atom stereocenters. The van der Waals surface area contributed by atoms with E-state index in [2.05, 4.69) is 16.0 Å². The molecular weight excluding hydrogens is 380 g/mol. The van der Waals surface area contributed by atoms with Crippen LogP contribution in [0.5, 0.6) is 0 Å². The van der Waals surface area contributed by atoms with Crippen molar-refractivity contribution in [3.63, 3.8) is 0 Å². The topological polar surface area (TPSA) is 168 Å². The minimum Gasteiger partial charge on any atom is -0.480 e. The van der Waals surface area contributed by atoms with Gasteiger partial charge in [0, 0.05) is 13.3 Å². The average molecular weight is 415 g/mol. The number of carbonyl (C=O) groups excluding carboxylic acids is 4. The van der Waals surface area contributed by atoms with Gasteiger partial charge >= 0.3 is 5.97 Å². The first-order valence-corrected chi connectivity index (χ1v) is 9.86. The second-order valence-electron chi connectivity index (χ2n) is 7.49. The third kappa shape index (κ3) is 11.7. The first-order chi connectivity index (χ1) is 13.5. The maximum atomic E-state index is 12.7. The van der Waals surface area contributed by atoms with Crippen molar-refractivity contribution in [2.24, 2.45) is 11.7 Å². The predicted octanol–water partition coefficient (Wildman–Crippen LogP) is 0.0471. The number of nitrogens with one attached hydrogen (secondary N) is 3. The van der Waals surface area contributed by atoms with Gasteiger partial charge in [0.15, 0.2) is 0 Å². The van der Waals surface area contributed by atoms with E-state index < -0.39 is 47.7 Å². The number of aliphatic carboxylic acids is 1. The van der Waals surface area contributed by atoms with Gasteiger partial charge in [0.2, 0.25) is 23.6 Å². The quantitative estimate of drug-likeness (QED) is 0.269. The van der Waals surface area contributed by atoms with Gasteiger partial charge in [-0.2, -0.15) is 0 Å². The summed E-state index contributed by atoms with van der Waals surface area (Å²) in [5.74, 6) is -3.43. The van der Waals surface area contributed by atoms with Crippen LogP contribution in [0.3, 0.4) is 0 Å². The SMILES string of the molecule is CCCC[C@H](NC(=O)[C@H](CC(C)C)NC(=O)[C@H](CCC(N)=O)NC(C)=O)C(=O)O. The fourth-order valence-corrected chi connectivity index (χ4v) is 2.71. The number of hydrogen-bond acceptors (Lipinski definition) is 5. The summed E-state index contributed by atoms with van der Waals surface area (Å²) >= 11 is 0. The normalized spacial score (nSPS) is 13.8. The maximum absolute atomic E-state index is 12.7. The number of unbranched alkanes of at least 4 members (excludes halogenated alkanes) is 1. The van der Waals surface area contributed by atoms with E-state index in [1.807, 2.05) is 20.8 Å². The van der Waals surface area contributed by atoms with Crippen molar-refractivity contribution in [1.82, 2.24) is 16.0 Å². The molecule has 0 heterocycles. The van der Waals surface area contributed by atoms with Gasteiger partial charge in [-0.3, -0.25) is 19.2 Å². The number of hydrogen-bond donors (Lipinski definition) is 5. The van der Waals surface area contributed by atoms with E-state index in [0.29, 0.717) is 6.42 Å². The van der Waals surface area contributed by atoms with E-state index in [4.69, 9.17) is 5.73 Å². The van der Waals surface area contributed by atoms with E-state index in [1.165, 1.54) is 6.92 Å². The lowest BCUT2D eigenvalue weighted by atomic mass is 10.0. The number of rotatable bonds is 14. The van der Waals surface area contributed by atoms with Gasteiger partial charge in [-0.05, 0) is 25.2 Å². The summed E-state index contributed by atoms with van der Waals surface area (Å²) in [5, 5.41) is 16.8. The Morgan fingerprint density at radius 1 is 0.897 bits per heavy atom. The Kier molecular flexibility index (Phi) is 12.3. The molecule has 10 heteroatoms. The van der Waals surface area contributed by atoms with Gasteiger partial charge in [-0.25, -0.2) is 4.79 Å². The van der Waals surface area contributed by atoms with Crippen LogP contribution >= 0.6 is 0 Å². The van der Waals surface area contributed by atoms with Gasteiger partial charge in [-0.1, -0.05) is 33.6 Å².